The summed E-state index contributed by atoms with van der Waals surface area (Å²) in [5.74, 6) is 1.27. The van der Waals surface area contributed by atoms with Gasteiger partial charge >= 0.3 is 0 Å². The van der Waals surface area contributed by atoms with Crippen LogP contribution in [-0.2, 0) is 4.43 Å². The van der Waals surface area contributed by atoms with E-state index in [1.54, 1.807) is 0 Å². The molecule has 1 rings (SSSR count). The quantitative estimate of drug-likeness (QED) is 0.759. The molecule has 1 aliphatic rings. The van der Waals surface area contributed by atoms with E-state index in [2.05, 4.69) is 24.9 Å². The predicted molar refractivity (Wildman–Crippen MR) is 72.0 cm³/mol. The topological polar surface area (TPSA) is 35.2 Å². The fraction of sp³-hybridized carbons (Fsp3) is 1.00. The summed E-state index contributed by atoms with van der Waals surface area (Å²) in [7, 11) is 0.537. The molecule has 1 aliphatic carbocycles. The van der Waals surface area contributed by atoms with Gasteiger partial charge in [-0.1, -0.05) is 0 Å². The first-order valence-electron chi connectivity index (χ1n) is 5.96. The van der Waals surface area contributed by atoms with E-state index in [0.29, 0.717) is 6.04 Å². The lowest BCUT2D eigenvalue weighted by molar-refractivity contribution is 0.405. The molecule has 0 aromatic carbocycles. The Morgan fingerprint density at radius 3 is 2.40 bits per heavy atom. The highest BCUT2D eigenvalue weighted by Crippen LogP contribution is 2.29. The summed E-state index contributed by atoms with van der Waals surface area (Å²) < 4.78 is 5.55. The minimum Gasteiger partial charge on any atom is -0.420 e. The van der Waals surface area contributed by atoms with Crippen molar-refractivity contribution in [2.75, 3.05) is 12.9 Å². The van der Waals surface area contributed by atoms with Crippen LogP contribution in [0.3, 0.4) is 0 Å². The van der Waals surface area contributed by atoms with Crippen molar-refractivity contribution in [2.24, 2.45) is 5.73 Å². The van der Waals surface area contributed by atoms with Crippen molar-refractivity contribution >= 4 is 20.1 Å². The Hall–Kier alpha value is 0.487. The molecular weight excluding hydrogens is 222 g/mol. The average molecular weight is 247 g/mol. The molecule has 0 saturated heterocycles. The first-order chi connectivity index (χ1) is 7.03. The largest absolute Gasteiger partial charge is 0.420 e. The lowest BCUT2D eigenvalue weighted by Gasteiger charge is -2.27. The summed E-state index contributed by atoms with van der Waals surface area (Å²) in [4.78, 5) is 0. The Morgan fingerprint density at radius 1 is 1.27 bits per heavy atom. The number of rotatable bonds is 5. The standard InChI is InChI=1S/C11H25NOSSi/c1-13-15(2,3)9-8-14-11-6-4-10(12)5-7-11/h10-11H,4-9,12H2,1-3H3. The highest BCUT2D eigenvalue weighted by molar-refractivity contribution is 8.00. The minimum atomic E-state index is -1.32. The minimum absolute atomic E-state index is 0.478. The fourth-order valence-electron chi connectivity index (χ4n) is 1.83. The summed E-state index contributed by atoms with van der Waals surface area (Å²) in [6, 6.07) is 1.75. The van der Waals surface area contributed by atoms with Crippen molar-refractivity contribution in [2.45, 2.75) is 56.1 Å². The highest BCUT2D eigenvalue weighted by atomic mass is 32.2. The monoisotopic (exact) mass is 247 g/mol. The van der Waals surface area contributed by atoms with E-state index in [4.69, 9.17) is 10.2 Å². The predicted octanol–water partition coefficient (Wildman–Crippen LogP) is 2.84. The molecule has 0 amide bonds. The zero-order chi connectivity index (χ0) is 11.3. The molecule has 15 heavy (non-hydrogen) atoms. The summed E-state index contributed by atoms with van der Waals surface area (Å²) >= 11 is 2.14. The van der Waals surface area contributed by atoms with Crippen LogP contribution in [0, 0.1) is 0 Å². The van der Waals surface area contributed by atoms with Crippen LogP contribution in [0.2, 0.25) is 19.1 Å². The van der Waals surface area contributed by atoms with Gasteiger partial charge in [-0.05, 0) is 50.6 Å². The Bertz CT molecular complexity index is 181. The second-order valence-corrected chi connectivity index (χ2v) is 11.0. The van der Waals surface area contributed by atoms with Gasteiger partial charge in [0.15, 0.2) is 8.32 Å². The van der Waals surface area contributed by atoms with Crippen LogP contribution in [-0.4, -0.2) is 32.5 Å². The number of hydrogen-bond donors (Lipinski definition) is 1. The molecule has 1 saturated carbocycles. The number of hydrogen-bond acceptors (Lipinski definition) is 3. The number of thioether (sulfide) groups is 1. The summed E-state index contributed by atoms with van der Waals surface area (Å²) in [6.45, 7) is 4.59. The molecule has 0 radical (unpaired) electrons. The van der Waals surface area contributed by atoms with E-state index >= 15 is 0 Å². The van der Waals surface area contributed by atoms with Gasteiger partial charge in [0.2, 0.25) is 0 Å². The van der Waals surface area contributed by atoms with E-state index < -0.39 is 8.32 Å². The van der Waals surface area contributed by atoms with Gasteiger partial charge in [-0.15, -0.1) is 0 Å². The van der Waals surface area contributed by atoms with E-state index in [1.165, 1.54) is 37.5 Å². The Balaban J connectivity index is 2.10. The van der Waals surface area contributed by atoms with Crippen molar-refractivity contribution in [3.05, 3.63) is 0 Å². The first-order valence-corrected chi connectivity index (χ1v) is 10.1. The third-order valence-electron chi connectivity index (χ3n) is 3.33. The zero-order valence-electron chi connectivity index (χ0n) is 10.3. The van der Waals surface area contributed by atoms with E-state index in [9.17, 15) is 0 Å². The molecule has 0 aliphatic heterocycles. The van der Waals surface area contributed by atoms with Gasteiger partial charge in [-0.2, -0.15) is 11.8 Å². The molecule has 0 heterocycles. The van der Waals surface area contributed by atoms with Gasteiger partial charge in [0.25, 0.3) is 0 Å². The van der Waals surface area contributed by atoms with Crippen molar-refractivity contribution < 1.29 is 4.43 Å². The van der Waals surface area contributed by atoms with Gasteiger partial charge in [0, 0.05) is 18.4 Å². The van der Waals surface area contributed by atoms with E-state index in [-0.39, 0.29) is 0 Å². The molecule has 0 spiro atoms. The molecule has 2 nitrogen and oxygen atoms in total. The van der Waals surface area contributed by atoms with Crippen molar-refractivity contribution in [3.63, 3.8) is 0 Å². The fourth-order valence-corrected chi connectivity index (χ4v) is 5.41. The third-order valence-corrected chi connectivity index (χ3v) is 7.63. The normalized spacial score (nSPS) is 28.0. The Kier molecular flexibility index (Phi) is 5.67. The van der Waals surface area contributed by atoms with Gasteiger partial charge in [-0.25, -0.2) is 0 Å². The SMILES string of the molecule is CO[Si](C)(C)CCSC1CCC(N)CC1. The molecule has 0 aromatic heterocycles. The maximum Gasteiger partial charge on any atom is 0.187 e. The second kappa shape index (κ2) is 6.28. The molecule has 0 bridgehead atoms. The van der Waals surface area contributed by atoms with Gasteiger partial charge < -0.3 is 10.2 Å². The lowest BCUT2D eigenvalue weighted by Crippen LogP contribution is -2.30. The summed E-state index contributed by atoms with van der Waals surface area (Å²) in [6.07, 6.45) is 5.09. The van der Waals surface area contributed by atoms with Crippen LogP contribution in [0.5, 0.6) is 0 Å². The highest BCUT2D eigenvalue weighted by Gasteiger charge is 2.22. The molecule has 0 aromatic rings. The Morgan fingerprint density at radius 2 is 1.87 bits per heavy atom. The van der Waals surface area contributed by atoms with Crippen molar-refractivity contribution in [1.29, 1.82) is 0 Å². The zero-order valence-corrected chi connectivity index (χ0v) is 12.1. The Labute approximate surface area is 99.5 Å². The van der Waals surface area contributed by atoms with Crippen LogP contribution in [0.25, 0.3) is 0 Å². The van der Waals surface area contributed by atoms with E-state index in [0.717, 1.165) is 5.25 Å². The molecule has 0 atom stereocenters. The van der Waals surface area contributed by atoms with Gasteiger partial charge in [-0.3, -0.25) is 0 Å². The first kappa shape index (κ1) is 13.6. The van der Waals surface area contributed by atoms with Crippen LogP contribution in [0.15, 0.2) is 0 Å². The van der Waals surface area contributed by atoms with Crippen LogP contribution >= 0.6 is 11.8 Å². The molecule has 4 heteroatoms. The summed E-state index contributed by atoms with van der Waals surface area (Å²) in [5, 5.41) is 0.867. The lowest BCUT2D eigenvalue weighted by atomic mass is 9.96. The summed E-state index contributed by atoms with van der Waals surface area (Å²) in [5.41, 5.74) is 5.89. The van der Waals surface area contributed by atoms with Crippen LogP contribution < -0.4 is 5.73 Å². The average Bonchev–Trinajstić information content (AvgIpc) is 2.21. The maximum atomic E-state index is 5.89. The van der Waals surface area contributed by atoms with E-state index in [1.807, 2.05) is 7.11 Å². The molecule has 0 unspecified atom stereocenters. The van der Waals surface area contributed by atoms with Gasteiger partial charge in [0.1, 0.15) is 0 Å². The third kappa shape index (κ3) is 5.38. The molecular formula is C11H25NOSSi. The molecule has 90 valence electrons. The molecule has 2 N–H and O–H groups in total. The van der Waals surface area contributed by atoms with Crippen LogP contribution in [0.1, 0.15) is 25.7 Å². The van der Waals surface area contributed by atoms with Gasteiger partial charge in [0.05, 0.1) is 0 Å². The maximum absolute atomic E-state index is 5.89. The van der Waals surface area contributed by atoms with Crippen LogP contribution in [0.4, 0.5) is 0 Å². The smallest absolute Gasteiger partial charge is 0.187 e. The second-order valence-electron chi connectivity index (χ2n) is 5.12. The number of nitrogens with two attached hydrogens (primary N) is 1. The molecule has 1 fully saturated rings. The van der Waals surface area contributed by atoms with Crippen molar-refractivity contribution in [3.8, 4) is 0 Å². The van der Waals surface area contributed by atoms with Crippen molar-refractivity contribution in [1.82, 2.24) is 0 Å².